The normalized spacial score (nSPS) is 19.4. The van der Waals surface area contributed by atoms with E-state index in [0.29, 0.717) is 12.3 Å². The number of carbonyl (C=O) groups is 1. The summed E-state index contributed by atoms with van der Waals surface area (Å²) >= 11 is 0. The SMILES string of the molecule is CC(OCC(F)(F)F)C(=O)NC(CCO)C1CC1. The summed E-state index contributed by atoms with van der Waals surface area (Å²) in [5.41, 5.74) is 0. The molecule has 0 spiro atoms. The molecule has 0 saturated heterocycles. The second-order valence-electron chi connectivity index (χ2n) is 4.53. The van der Waals surface area contributed by atoms with Crippen LogP contribution in [0.4, 0.5) is 13.2 Å². The minimum atomic E-state index is -4.43. The summed E-state index contributed by atoms with van der Waals surface area (Å²) in [6.07, 6.45) is -3.21. The number of nitrogens with one attached hydrogen (secondary N) is 1. The molecule has 2 atom stereocenters. The molecule has 1 rings (SSSR count). The summed E-state index contributed by atoms with van der Waals surface area (Å²) < 4.78 is 40.2. The fourth-order valence-corrected chi connectivity index (χ4v) is 1.66. The summed E-state index contributed by atoms with van der Waals surface area (Å²) in [5, 5.41) is 11.5. The van der Waals surface area contributed by atoms with Crippen LogP contribution in [0.1, 0.15) is 26.2 Å². The highest BCUT2D eigenvalue weighted by Gasteiger charge is 2.34. The van der Waals surface area contributed by atoms with Crippen molar-refractivity contribution in [3.05, 3.63) is 0 Å². The van der Waals surface area contributed by atoms with Gasteiger partial charge in [-0.2, -0.15) is 13.2 Å². The zero-order valence-corrected chi connectivity index (χ0v) is 10.2. The maximum absolute atomic E-state index is 11.9. The molecule has 1 amide bonds. The van der Waals surface area contributed by atoms with E-state index in [2.05, 4.69) is 10.1 Å². The maximum atomic E-state index is 11.9. The lowest BCUT2D eigenvalue weighted by atomic mass is 10.1. The van der Waals surface area contributed by atoms with Gasteiger partial charge in [-0.1, -0.05) is 0 Å². The van der Waals surface area contributed by atoms with Crippen LogP contribution in [0.15, 0.2) is 0 Å². The summed E-state index contributed by atoms with van der Waals surface area (Å²) in [6.45, 7) is -0.209. The Morgan fingerprint density at radius 2 is 2.11 bits per heavy atom. The molecule has 2 N–H and O–H groups in total. The highest BCUT2D eigenvalue weighted by Crippen LogP contribution is 2.33. The molecule has 0 aromatic carbocycles. The second-order valence-corrected chi connectivity index (χ2v) is 4.53. The average molecular weight is 269 g/mol. The van der Waals surface area contributed by atoms with Crippen molar-refractivity contribution in [3.63, 3.8) is 0 Å². The van der Waals surface area contributed by atoms with Gasteiger partial charge in [-0.25, -0.2) is 0 Å². The van der Waals surface area contributed by atoms with E-state index in [1.54, 1.807) is 0 Å². The number of amides is 1. The fourth-order valence-electron chi connectivity index (χ4n) is 1.66. The summed E-state index contributed by atoms with van der Waals surface area (Å²) in [5.74, 6) is -0.236. The first-order chi connectivity index (χ1) is 8.33. The first kappa shape index (κ1) is 15.2. The van der Waals surface area contributed by atoms with Gasteiger partial charge in [0.15, 0.2) is 0 Å². The van der Waals surface area contributed by atoms with Crippen LogP contribution in [0.5, 0.6) is 0 Å². The molecule has 1 saturated carbocycles. The highest BCUT2D eigenvalue weighted by molar-refractivity contribution is 5.80. The van der Waals surface area contributed by atoms with Crippen molar-refractivity contribution < 1.29 is 27.8 Å². The Morgan fingerprint density at radius 1 is 1.50 bits per heavy atom. The first-order valence-electron chi connectivity index (χ1n) is 5.93. The summed E-state index contributed by atoms with van der Waals surface area (Å²) in [4.78, 5) is 11.6. The molecular weight excluding hydrogens is 251 g/mol. The van der Waals surface area contributed by atoms with Gasteiger partial charge in [0.05, 0.1) is 0 Å². The molecule has 106 valence electrons. The van der Waals surface area contributed by atoms with E-state index in [1.807, 2.05) is 0 Å². The van der Waals surface area contributed by atoms with E-state index in [9.17, 15) is 18.0 Å². The van der Waals surface area contributed by atoms with E-state index >= 15 is 0 Å². The number of hydrogen-bond donors (Lipinski definition) is 2. The quantitative estimate of drug-likeness (QED) is 0.731. The number of rotatable bonds is 7. The Kier molecular flexibility index (Phi) is 5.40. The molecule has 0 aromatic heterocycles. The summed E-state index contributed by atoms with van der Waals surface area (Å²) in [7, 11) is 0. The van der Waals surface area contributed by atoms with Gasteiger partial charge >= 0.3 is 6.18 Å². The van der Waals surface area contributed by atoms with Crippen LogP contribution in [0, 0.1) is 5.92 Å². The van der Waals surface area contributed by atoms with Crippen molar-refractivity contribution in [2.45, 2.75) is 44.5 Å². The molecule has 0 heterocycles. The van der Waals surface area contributed by atoms with E-state index in [0.717, 1.165) is 12.8 Å². The van der Waals surface area contributed by atoms with Crippen LogP contribution in [0.2, 0.25) is 0 Å². The number of aliphatic hydroxyl groups excluding tert-OH is 1. The molecule has 0 radical (unpaired) electrons. The van der Waals surface area contributed by atoms with Gasteiger partial charge in [-0.3, -0.25) is 4.79 Å². The van der Waals surface area contributed by atoms with Crippen LogP contribution >= 0.6 is 0 Å². The van der Waals surface area contributed by atoms with E-state index in [1.165, 1.54) is 6.92 Å². The van der Waals surface area contributed by atoms with Crippen molar-refractivity contribution >= 4 is 5.91 Å². The largest absolute Gasteiger partial charge is 0.411 e. The molecule has 1 aliphatic carbocycles. The summed E-state index contributed by atoms with van der Waals surface area (Å²) in [6, 6.07) is -0.167. The Balaban J connectivity index is 2.33. The second kappa shape index (κ2) is 6.38. The van der Waals surface area contributed by atoms with Gasteiger partial charge in [0, 0.05) is 12.6 Å². The van der Waals surface area contributed by atoms with Crippen LogP contribution in [0.25, 0.3) is 0 Å². The van der Waals surface area contributed by atoms with Crippen molar-refractivity contribution in [3.8, 4) is 0 Å². The predicted molar refractivity (Wildman–Crippen MR) is 57.8 cm³/mol. The fraction of sp³-hybridized carbons (Fsp3) is 0.909. The molecule has 0 aromatic rings. The number of carbonyl (C=O) groups excluding carboxylic acids is 1. The Hall–Kier alpha value is -0.820. The molecule has 2 unspecified atom stereocenters. The Morgan fingerprint density at radius 3 is 2.56 bits per heavy atom. The van der Waals surface area contributed by atoms with E-state index in [4.69, 9.17) is 5.11 Å². The zero-order valence-electron chi connectivity index (χ0n) is 10.2. The molecule has 4 nitrogen and oxygen atoms in total. The molecule has 1 aliphatic rings. The van der Waals surface area contributed by atoms with Crippen molar-refractivity contribution in [1.82, 2.24) is 5.32 Å². The van der Waals surface area contributed by atoms with E-state index in [-0.39, 0.29) is 12.6 Å². The molecule has 1 fully saturated rings. The lowest BCUT2D eigenvalue weighted by Gasteiger charge is -2.20. The topological polar surface area (TPSA) is 58.6 Å². The zero-order chi connectivity index (χ0) is 13.8. The Labute approximate surface area is 103 Å². The highest BCUT2D eigenvalue weighted by atomic mass is 19.4. The lowest BCUT2D eigenvalue weighted by Crippen LogP contribution is -2.43. The van der Waals surface area contributed by atoms with Gasteiger partial charge < -0.3 is 15.2 Å². The number of alkyl halides is 3. The number of hydrogen-bond acceptors (Lipinski definition) is 3. The third-order valence-corrected chi connectivity index (χ3v) is 2.83. The Bertz CT molecular complexity index is 279. The van der Waals surface area contributed by atoms with Crippen LogP contribution < -0.4 is 5.32 Å². The van der Waals surface area contributed by atoms with Gasteiger partial charge in [0.1, 0.15) is 12.7 Å². The average Bonchev–Trinajstić information content (AvgIpc) is 3.07. The van der Waals surface area contributed by atoms with Gasteiger partial charge in [0.2, 0.25) is 5.91 Å². The number of aliphatic hydroxyl groups is 1. The van der Waals surface area contributed by atoms with Crippen LogP contribution in [0.3, 0.4) is 0 Å². The van der Waals surface area contributed by atoms with Crippen LogP contribution in [-0.2, 0) is 9.53 Å². The van der Waals surface area contributed by atoms with Gasteiger partial charge in [-0.15, -0.1) is 0 Å². The number of ether oxygens (including phenoxy) is 1. The first-order valence-corrected chi connectivity index (χ1v) is 5.93. The van der Waals surface area contributed by atoms with Gasteiger partial charge in [-0.05, 0) is 32.1 Å². The van der Waals surface area contributed by atoms with Crippen molar-refractivity contribution in [2.24, 2.45) is 5.92 Å². The van der Waals surface area contributed by atoms with Crippen LogP contribution in [-0.4, -0.2) is 42.5 Å². The van der Waals surface area contributed by atoms with E-state index < -0.39 is 24.8 Å². The third kappa shape index (κ3) is 5.68. The molecule has 0 bridgehead atoms. The monoisotopic (exact) mass is 269 g/mol. The predicted octanol–water partition coefficient (Wildman–Crippen LogP) is 1.23. The minimum Gasteiger partial charge on any atom is -0.396 e. The molecule has 7 heteroatoms. The number of halogens is 3. The molecule has 0 aliphatic heterocycles. The standard InChI is InChI=1S/C11H18F3NO3/c1-7(18-6-11(12,13)14)10(17)15-9(4-5-16)8-2-3-8/h7-9,16H,2-6H2,1H3,(H,15,17). The smallest absolute Gasteiger partial charge is 0.396 e. The lowest BCUT2D eigenvalue weighted by molar-refractivity contribution is -0.185. The third-order valence-electron chi connectivity index (χ3n) is 2.83. The van der Waals surface area contributed by atoms with Gasteiger partial charge in [0.25, 0.3) is 0 Å². The minimum absolute atomic E-state index is 0.0563. The molecular formula is C11H18F3NO3. The van der Waals surface area contributed by atoms with Crippen molar-refractivity contribution in [1.29, 1.82) is 0 Å². The van der Waals surface area contributed by atoms with Crippen molar-refractivity contribution in [2.75, 3.05) is 13.2 Å². The maximum Gasteiger partial charge on any atom is 0.411 e. The molecule has 18 heavy (non-hydrogen) atoms.